The van der Waals surface area contributed by atoms with Crippen LogP contribution in [0.1, 0.15) is 26.2 Å². The van der Waals surface area contributed by atoms with Crippen LogP contribution in [0.2, 0.25) is 0 Å². The molecule has 0 aromatic rings. The zero-order valence-corrected chi connectivity index (χ0v) is 11.8. The lowest BCUT2D eigenvalue weighted by atomic mass is 9.94. The second kappa shape index (κ2) is 6.72. The zero-order valence-electron chi connectivity index (χ0n) is 11.0. The summed E-state index contributed by atoms with van der Waals surface area (Å²) in [5, 5.41) is 14.8. The van der Waals surface area contributed by atoms with Gasteiger partial charge >= 0.3 is 6.03 Å². The summed E-state index contributed by atoms with van der Waals surface area (Å²) in [5.74, 6) is 0.253. The van der Waals surface area contributed by atoms with E-state index in [0.29, 0.717) is 32.5 Å². The van der Waals surface area contributed by atoms with Crippen LogP contribution in [-0.4, -0.2) is 52.6 Å². The van der Waals surface area contributed by atoms with Gasteiger partial charge in [-0.1, -0.05) is 12.1 Å². The van der Waals surface area contributed by atoms with E-state index in [4.69, 9.17) is 10.9 Å². The molecule has 6 nitrogen and oxygen atoms in total. The van der Waals surface area contributed by atoms with Gasteiger partial charge in [-0.2, -0.15) is 11.8 Å². The second-order valence-electron chi connectivity index (χ2n) is 4.40. The molecule has 4 N–H and O–H groups in total. The molecular formula is C11H22N4O2S. The lowest BCUT2D eigenvalue weighted by Crippen LogP contribution is -2.53. The number of hydrogen-bond donors (Lipinski definition) is 3. The summed E-state index contributed by atoms with van der Waals surface area (Å²) in [6.07, 6.45) is 4.30. The maximum absolute atomic E-state index is 11.8. The number of oxime groups is 1. The number of rotatable bonds is 4. The molecule has 0 atom stereocenters. The first-order valence-electron chi connectivity index (χ1n) is 6.15. The zero-order chi connectivity index (χ0) is 13.6. The molecule has 1 heterocycles. The molecule has 0 aromatic carbocycles. The van der Waals surface area contributed by atoms with Crippen molar-refractivity contribution in [3.63, 3.8) is 0 Å². The number of carbonyl (C=O) groups is 1. The van der Waals surface area contributed by atoms with Crippen molar-refractivity contribution in [1.29, 1.82) is 0 Å². The molecule has 0 radical (unpaired) electrons. The molecule has 0 saturated carbocycles. The minimum atomic E-state index is -0.337. The number of amides is 2. The molecule has 7 heteroatoms. The third-order valence-corrected chi connectivity index (χ3v) is 4.75. The summed E-state index contributed by atoms with van der Waals surface area (Å²) in [5.41, 5.74) is 5.76. The van der Waals surface area contributed by atoms with Crippen molar-refractivity contribution >= 4 is 23.6 Å². The number of carbonyl (C=O) groups excluding carboxylic acids is 1. The number of piperidine rings is 1. The first kappa shape index (κ1) is 14.9. The first-order chi connectivity index (χ1) is 8.59. The molecule has 0 spiro atoms. The fourth-order valence-corrected chi connectivity index (χ4v) is 2.91. The van der Waals surface area contributed by atoms with Crippen LogP contribution in [0.25, 0.3) is 0 Å². The molecule has 104 valence electrons. The first-order valence-corrected chi connectivity index (χ1v) is 7.38. The molecule has 0 unspecified atom stereocenters. The Bertz CT molecular complexity index is 314. The van der Waals surface area contributed by atoms with Crippen molar-refractivity contribution in [2.75, 3.05) is 25.9 Å². The molecule has 0 aliphatic carbocycles. The molecule has 1 saturated heterocycles. The van der Waals surface area contributed by atoms with E-state index in [0.717, 1.165) is 6.42 Å². The van der Waals surface area contributed by atoms with Crippen LogP contribution < -0.4 is 11.1 Å². The summed E-state index contributed by atoms with van der Waals surface area (Å²) >= 11 is 1.58. The van der Waals surface area contributed by atoms with Gasteiger partial charge in [0.2, 0.25) is 0 Å². The highest BCUT2D eigenvalue weighted by Crippen LogP contribution is 2.34. The summed E-state index contributed by atoms with van der Waals surface area (Å²) < 4.78 is -0.337. The lowest BCUT2D eigenvalue weighted by molar-refractivity contribution is 0.183. The highest BCUT2D eigenvalue weighted by Gasteiger charge is 2.39. The van der Waals surface area contributed by atoms with E-state index in [2.05, 4.69) is 10.5 Å². The SMILES string of the molecule is CCCNC(=O)N1CCC(SC)(C(N)=NO)CC1. The number of nitrogens with zero attached hydrogens (tertiary/aromatic N) is 2. The number of urea groups is 1. The molecular weight excluding hydrogens is 252 g/mol. The molecule has 1 fully saturated rings. The topological polar surface area (TPSA) is 91.0 Å². The van der Waals surface area contributed by atoms with Gasteiger partial charge in [-0.25, -0.2) is 4.79 Å². The second-order valence-corrected chi connectivity index (χ2v) is 5.59. The molecule has 2 amide bonds. The normalized spacial score (nSPS) is 19.7. The predicted molar refractivity (Wildman–Crippen MR) is 74.2 cm³/mol. The number of nitrogens with two attached hydrogens (primary N) is 1. The smallest absolute Gasteiger partial charge is 0.317 e. The average Bonchev–Trinajstić information content (AvgIpc) is 2.43. The van der Waals surface area contributed by atoms with Crippen LogP contribution in [0, 0.1) is 0 Å². The highest BCUT2D eigenvalue weighted by atomic mass is 32.2. The van der Waals surface area contributed by atoms with Crippen LogP contribution in [0.3, 0.4) is 0 Å². The average molecular weight is 274 g/mol. The Morgan fingerprint density at radius 3 is 2.61 bits per heavy atom. The number of nitrogens with one attached hydrogen (secondary N) is 1. The number of hydrogen-bond acceptors (Lipinski definition) is 4. The monoisotopic (exact) mass is 274 g/mol. The Kier molecular flexibility index (Phi) is 5.58. The maximum atomic E-state index is 11.8. The lowest BCUT2D eigenvalue weighted by Gasteiger charge is -2.39. The van der Waals surface area contributed by atoms with E-state index in [9.17, 15) is 4.79 Å². The van der Waals surface area contributed by atoms with E-state index in [1.807, 2.05) is 13.2 Å². The Morgan fingerprint density at radius 1 is 1.56 bits per heavy atom. The van der Waals surface area contributed by atoms with Crippen LogP contribution >= 0.6 is 11.8 Å². The van der Waals surface area contributed by atoms with Gasteiger partial charge in [0, 0.05) is 19.6 Å². The largest absolute Gasteiger partial charge is 0.409 e. The third kappa shape index (κ3) is 3.22. The third-order valence-electron chi connectivity index (χ3n) is 3.35. The number of likely N-dealkylation sites (tertiary alicyclic amines) is 1. The van der Waals surface area contributed by atoms with Gasteiger partial charge in [0.15, 0.2) is 5.84 Å². The van der Waals surface area contributed by atoms with Crippen LogP contribution in [0.15, 0.2) is 5.16 Å². The van der Waals surface area contributed by atoms with Crippen molar-refractivity contribution in [3.8, 4) is 0 Å². The summed E-state index contributed by atoms with van der Waals surface area (Å²) in [6.45, 7) is 3.98. The van der Waals surface area contributed by atoms with Gasteiger partial charge in [0.25, 0.3) is 0 Å². The number of thioether (sulfide) groups is 1. The van der Waals surface area contributed by atoms with Gasteiger partial charge in [-0.15, -0.1) is 0 Å². The summed E-state index contributed by atoms with van der Waals surface area (Å²) in [7, 11) is 0. The van der Waals surface area contributed by atoms with Crippen LogP contribution in [-0.2, 0) is 0 Å². The molecule has 1 aliphatic heterocycles. The van der Waals surface area contributed by atoms with E-state index in [1.165, 1.54) is 0 Å². The van der Waals surface area contributed by atoms with Gasteiger partial charge in [0.1, 0.15) is 0 Å². The van der Waals surface area contributed by atoms with E-state index < -0.39 is 0 Å². The predicted octanol–water partition coefficient (Wildman–Crippen LogP) is 1.05. The van der Waals surface area contributed by atoms with Crippen molar-refractivity contribution < 1.29 is 10.0 Å². The van der Waals surface area contributed by atoms with E-state index in [1.54, 1.807) is 16.7 Å². The molecule has 1 aliphatic rings. The summed E-state index contributed by atoms with van der Waals surface area (Å²) in [4.78, 5) is 13.6. The minimum Gasteiger partial charge on any atom is -0.409 e. The highest BCUT2D eigenvalue weighted by molar-refractivity contribution is 8.00. The van der Waals surface area contributed by atoms with Crippen molar-refractivity contribution in [1.82, 2.24) is 10.2 Å². The summed E-state index contributed by atoms with van der Waals surface area (Å²) in [6, 6.07) is -0.0222. The van der Waals surface area contributed by atoms with Gasteiger partial charge in [-0.3, -0.25) is 0 Å². The quantitative estimate of drug-likeness (QED) is 0.309. The maximum Gasteiger partial charge on any atom is 0.317 e. The van der Waals surface area contributed by atoms with E-state index >= 15 is 0 Å². The fraction of sp³-hybridized carbons (Fsp3) is 0.818. The number of amidine groups is 1. The Morgan fingerprint density at radius 2 is 2.17 bits per heavy atom. The Labute approximate surface area is 112 Å². The van der Waals surface area contributed by atoms with Gasteiger partial charge in [-0.05, 0) is 25.5 Å². The van der Waals surface area contributed by atoms with Gasteiger partial charge < -0.3 is 21.2 Å². The Hall–Kier alpha value is -1.11. The van der Waals surface area contributed by atoms with E-state index in [-0.39, 0.29) is 16.6 Å². The van der Waals surface area contributed by atoms with Crippen LogP contribution in [0.4, 0.5) is 4.79 Å². The molecule has 0 aromatic heterocycles. The van der Waals surface area contributed by atoms with Crippen molar-refractivity contribution in [2.45, 2.75) is 30.9 Å². The Balaban J connectivity index is 2.56. The van der Waals surface area contributed by atoms with Gasteiger partial charge in [0.05, 0.1) is 4.75 Å². The van der Waals surface area contributed by atoms with Crippen molar-refractivity contribution in [2.24, 2.45) is 10.9 Å². The molecule has 18 heavy (non-hydrogen) atoms. The fourth-order valence-electron chi connectivity index (χ4n) is 2.07. The molecule has 0 bridgehead atoms. The van der Waals surface area contributed by atoms with Crippen molar-refractivity contribution in [3.05, 3.63) is 0 Å². The minimum absolute atomic E-state index is 0.0222. The molecule has 1 rings (SSSR count). The standard InChI is InChI=1S/C11H22N4O2S/c1-3-6-13-10(16)15-7-4-11(18-2,5-8-15)9(12)14-17/h17H,3-8H2,1-2H3,(H2,12,14)(H,13,16). The van der Waals surface area contributed by atoms with Crippen LogP contribution in [0.5, 0.6) is 0 Å².